The van der Waals surface area contributed by atoms with Gasteiger partial charge in [0.05, 0.1) is 17.1 Å². The number of hydrogen-bond acceptors (Lipinski definition) is 3. The molecule has 10 aromatic rings. The first kappa shape index (κ1) is 45.4. The molecule has 9 heteroatoms. The number of pyridine rings is 3. The minimum atomic E-state index is -0.711. The smallest absolute Gasteiger partial charge is 0.135 e. The molecule has 0 saturated heterocycles. The van der Waals surface area contributed by atoms with Crippen molar-refractivity contribution in [3.05, 3.63) is 258 Å². The highest BCUT2D eigenvalue weighted by atomic mass is 19.2. The van der Waals surface area contributed by atoms with Gasteiger partial charge >= 0.3 is 0 Å². The standard InChI is InChI=1S/C61H41F6N3/c62-46-20-23-51(56(65)31-46)59-26-14-38(35-68-59)10-12-40-28-41(13-11-39-15-27-60(69-36-39)52-24-21-47(63)32-57(52)66)30-45(29-40)49-8-4-5-9-50(49)55-37-70-61(53-25-22-48(64)33-58(53)67)34-54(55)44-18-16-43(17-19-44)42-6-2-1-3-7-42/h1-9,14-37H,10-13H2. The lowest BCUT2D eigenvalue weighted by Gasteiger charge is -2.18. The van der Waals surface area contributed by atoms with E-state index in [2.05, 4.69) is 58.5 Å². The van der Waals surface area contributed by atoms with Gasteiger partial charge in [0.15, 0.2) is 0 Å². The lowest BCUT2D eigenvalue weighted by atomic mass is 9.87. The van der Waals surface area contributed by atoms with E-state index >= 15 is 4.39 Å². The topological polar surface area (TPSA) is 38.7 Å². The number of nitrogens with zero attached hydrogens (tertiary/aromatic N) is 3. The molecule has 0 aliphatic rings. The third-order valence-corrected chi connectivity index (χ3v) is 12.5. The lowest BCUT2D eigenvalue weighted by molar-refractivity contribution is 0.584. The van der Waals surface area contributed by atoms with E-state index in [1.165, 1.54) is 36.4 Å². The van der Waals surface area contributed by atoms with Gasteiger partial charge in [-0.25, -0.2) is 26.3 Å². The van der Waals surface area contributed by atoms with Crippen LogP contribution in [0.1, 0.15) is 22.3 Å². The zero-order chi connectivity index (χ0) is 48.1. The Morgan fingerprint density at radius 2 is 0.700 bits per heavy atom. The van der Waals surface area contributed by atoms with E-state index < -0.39 is 34.9 Å². The van der Waals surface area contributed by atoms with Gasteiger partial charge in [-0.15, -0.1) is 0 Å². The molecule has 3 aromatic heterocycles. The third-order valence-electron chi connectivity index (χ3n) is 12.5. The van der Waals surface area contributed by atoms with Gasteiger partial charge in [0, 0.05) is 59.0 Å². The van der Waals surface area contributed by atoms with Gasteiger partial charge in [0.1, 0.15) is 34.9 Å². The van der Waals surface area contributed by atoms with Crippen LogP contribution in [-0.4, -0.2) is 15.0 Å². The van der Waals surface area contributed by atoms with Crippen molar-refractivity contribution in [3.8, 4) is 78.3 Å². The van der Waals surface area contributed by atoms with Gasteiger partial charge in [-0.05, 0) is 141 Å². The van der Waals surface area contributed by atoms with Crippen molar-refractivity contribution in [2.45, 2.75) is 25.7 Å². The SMILES string of the molecule is Fc1ccc(-c2ccc(CCc3cc(CCc4ccc(-c5ccc(F)cc5F)nc4)cc(-c4ccccc4-c4cnc(-c5ccc(F)cc5F)cc4-c4ccc(-c5ccccc5)cc4)c3)cn2)c(F)c1. The Morgan fingerprint density at radius 3 is 1.20 bits per heavy atom. The molecule has 0 aliphatic heterocycles. The van der Waals surface area contributed by atoms with Crippen LogP contribution in [0.25, 0.3) is 78.3 Å². The number of aromatic nitrogens is 3. The normalized spacial score (nSPS) is 11.2. The van der Waals surface area contributed by atoms with Crippen LogP contribution in [0.5, 0.6) is 0 Å². The number of hydrogen-bond donors (Lipinski definition) is 0. The van der Waals surface area contributed by atoms with Crippen molar-refractivity contribution in [2.75, 3.05) is 0 Å². The van der Waals surface area contributed by atoms with Crippen LogP contribution in [0.4, 0.5) is 26.3 Å². The van der Waals surface area contributed by atoms with Crippen LogP contribution in [0.15, 0.2) is 201 Å². The minimum absolute atomic E-state index is 0.181. The number of rotatable bonds is 13. The molecule has 0 bridgehead atoms. The number of benzene rings is 7. The van der Waals surface area contributed by atoms with Crippen LogP contribution in [0.3, 0.4) is 0 Å². The molecule has 0 radical (unpaired) electrons. The molecular weight excluding hydrogens is 889 g/mol. The van der Waals surface area contributed by atoms with Crippen molar-refractivity contribution in [2.24, 2.45) is 0 Å². The average Bonchev–Trinajstić information content (AvgIpc) is 3.38. The molecule has 0 amide bonds. The zero-order valence-corrected chi connectivity index (χ0v) is 37.5. The summed E-state index contributed by atoms with van der Waals surface area (Å²) in [6.07, 6.45) is 7.74. The zero-order valence-electron chi connectivity index (χ0n) is 37.5. The second-order valence-corrected chi connectivity index (χ2v) is 17.1. The van der Waals surface area contributed by atoms with Crippen molar-refractivity contribution in [1.82, 2.24) is 15.0 Å². The Balaban J connectivity index is 1.02. The molecule has 0 saturated carbocycles. The van der Waals surface area contributed by atoms with E-state index in [4.69, 9.17) is 4.98 Å². The fraction of sp³-hybridized carbons (Fsp3) is 0.0656. The van der Waals surface area contributed by atoms with Crippen LogP contribution in [0, 0.1) is 34.9 Å². The molecule has 342 valence electrons. The van der Waals surface area contributed by atoms with Crippen molar-refractivity contribution >= 4 is 0 Å². The van der Waals surface area contributed by atoms with Crippen molar-refractivity contribution < 1.29 is 26.3 Å². The highest BCUT2D eigenvalue weighted by Crippen LogP contribution is 2.41. The Hall–Kier alpha value is -8.43. The van der Waals surface area contributed by atoms with Gasteiger partial charge < -0.3 is 0 Å². The summed E-state index contributed by atoms with van der Waals surface area (Å²) in [5.41, 5.74) is 13.2. The molecule has 3 heterocycles. The third kappa shape index (κ3) is 10.1. The molecule has 0 spiro atoms. The predicted octanol–water partition coefficient (Wildman–Crippen LogP) is 15.9. The summed E-state index contributed by atoms with van der Waals surface area (Å²) in [6, 6.07) is 52.4. The maximum atomic E-state index is 15.3. The van der Waals surface area contributed by atoms with Gasteiger partial charge in [0.2, 0.25) is 0 Å². The molecule has 0 fully saturated rings. The lowest BCUT2D eigenvalue weighted by Crippen LogP contribution is -1.99. The molecule has 0 atom stereocenters. The van der Waals surface area contributed by atoms with E-state index in [1.54, 1.807) is 30.7 Å². The molecule has 0 aliphatic carbocycles. The van der Waals surface area contributed by atoms with Crippen molar-refractivity contribution in [1.29, 1.82) is 0 Å². The summed E-state index contributed by atoms with van der Waals surface area (Å²) in [5, 5.41) is 0. The molecule has 10 rings (SSSR count). The summed E-state index contributed by atoms with van der Waals surface area (Å²) in [5.74, 6) is -4.06. The average molecular weight is 930 g/mol. The Bertz CT molecular complexity index is 3370. The highest BCUT2D eigenvalue weighted by Gasteiger charge is 2.19. The first-order chi connectivity index (χ1) is 34.1. The molecule has 7 aromatic carbocycles. The fourth-order valence-corrected chi connectivity index (χ4v) is 8.84. The summed E-state index contributed by atoms with van der Waals surface area (Å²) in [7, 11) is 0. The van der Waals surface area contributed by atoms with Crippen LogP contribution < -0.4 is 0 Å². The maximum Gasteiger partial charge on any atom is 0.135 e. The molecule has 70 heavy (non-hydrogen) atoms. The van der Waals surface area contributed by atoms with Gasteiger partial charge in [-0.2, -0.15) is 0 Å². The van der Waals surface area contributed by atoms with Crippen LogP contribution in [-0.2, 0) is 25.7 Å². The largest absolute Gasteiger partial charge is 0.256 e. The number of aryl methyl sites for hydroxylation is 4. The monoisotopic (exact) mass is 929 g/mol. The van der Waals surface area contributed by atoms with E-state index in [1.807, 2.05) is 66.7 Å². The van der Waals surface area contributed by atoms with E-state index in [9.17, 15) is 22.0 Å². The van der Waals surface area contributed by atoms with Gasteiger partial charge in [-0.1, -0.05) is 109 Å². The van der Waals surface area contributed by atoms with E-state index in [0.29, 0.717) is 42.8 Å². The van der Waals surface area contributed by atoms with E-state index in [0.717, 1.165) is 85.0 Å². The summed E-state index contributed by atoms with van der Waals surface area (Å²) in [4.78, 5) is 13.8. The summed E-state index contributed by atoms with van der Waals surface area (Å²) >= 11 is 0. The van der Waals surface area contributed by atoms with E-state index in [-0.39, 0.29) is 16.7 Å². The Morgan fingerprint density at radius 1 is 0.257 bits per heavy atom. The number of halogens is 6. The molecule has 0 N–H and O–H groups in total. The summed E-state index contributed by atoms with van der Waals surface area (Å²) in [6.45, 7) is 0. The molecule has 0 unspecified atom stereocenters. The van der Waals surface area contributed by atoms with Gasteiger partial charge in [0.25, 0.3) is 0 Å². The van der Waals surface area contributed by atoms with Crippen LogP contribution >= 0.6 is 0 Å². The quantitative estimate of drug-likeness (QED) is 0.108. The van der Waals surface area contributed by atoms with Gasteiger partial charge in [-0.3, -0.25) is 15.0 Å². The van der Waals surface area contributed by atoms with Crippen molar-refractivity contribution in [3.63, 3.8) is 0 Å². The fourth-order valence-electron chi connectivity index (χ4n) is 8.84. The molecular formula is C61H41F6N3. The van der Waals surface area contributed by atoms with Crippen LogP contribution in [0.2, 0.25) is 0 Å². The maximum absolute atomic E-state index is 15.3. The predicted molar refractivity (Wildman–Crippen MR) is 265 cm³/mol. The Kier molecular flexibility index (Phi) is 13.0. The second kappa shape index (κ2) is 20.0. The highest BCUT2D eigenvalue weighted by molar-refractivity contribution is 5.93. The summed E-state index contributed by atoms with van der Waals surface area (Å²) < 4.78 is 85.9. The molecule has 3 nitrogen and oxygen atoms in total. The first-order valence-corrected chi connectivity index (χ1v) is 22.8. The second-order valence-electron chi connectivity index (χ2n) is 17.1. The first-order valence-electron chi connectivity index (χ1n) is 22.8. The minimum Gasteiger partial charge on any atom is -0.256 e. The Labute approximate surface area is 401 Å².